The summed E-state index contributed by atoms with van der Waals surface area (Å²) < 4.78 is 6.00. The van der Waals surface area contributed by atoms with Crippen LogP contribution >= 0.6 is 0 Å². The SMILES string of the molecule is CCN(C1CCOC(C)(CC)C1)C1CCCC1CN. The van der Waals surface area contributed by atoms with Crippen LogP contribution in [0.25, 0.3) is 0 Å². The van der Waals surface area contributed by atoms with Crippen molar-refractivity contribution in [2.45, 2.75) is 77.0 Å². The summed E-state index contributed by atoms with van der Waals surface area (Å²) in [5.74, 6) is 0.718. The molecule has 2 aliphatic rings. The first-order valence-corrected chi connectivity index (χ1v) is 8.23. The van der Waals surface area contributed by atoms with E-state index in [-0.39, 0.29) is 5.60 Å². The summed E-state index contributed by atoms with van der Waals surface area (Å²) in [7, 11) is 0. The molecule has 2 rings (SSSR count). The average molecular weight is 268 g/mol. The van der Waals surface area contributed by atoms with Gasteiger partial charge < -0.3 is 10.5 Å². The number of nitrogens with two attached hydrogens (primary N) is 1. The van der Waals surface area contributed by atoms with Gasteiger partial charge in [0, 0.05) is 18.7 Å². The first-order chi connectivity index (χ1) is 9.13. The molecule has 1 aliphatic heterocycles. The summed E-state index contributed by atoms with van der Waals surface area (Å²) in [5.41, 5.74) is 6.06. The highest BCUT2D eigenvalue weighted by molar-refractivity contribution is 4.93. The van der Waals surface area contributed by atoms with Crippen LogP contribution in [0, 0.1) is 5.92 Å². The van der Waals surface area contributed by atoms with Gasteiger partial charge in [0.2, 0.25) is 0 Å². The van der Waals surface area contributed by atoms with Crippen molar-refractivity contribution < 1.29 is 4.74 Å². The standard InChI is InChI=1S/C16H32N2O/c1-4-16(3)11-14(9-10-19-16)18(5-2)15-8-6-7-13(15)12-17/h13-15H,4-12,17H2,1-3H3. The van der Waals surface area contributed by atoms with Crippen LogP contribution in [0.3, 0.4) is 0 Å². The van der Waals surface area contributed by atoms with E-state index in [1.54, 1.807) is 0 Å². The molecule has 2 N–H and O–H groups in total. The molecular weight excluding hydrogens is 236 g/mol. The van der Waals surface area contributed by atoms with Gasteiger partial charge in [-0.15, -0.1) is 0 Å². The molecule has 2 fully saturated rings. The summed E-state index contributed by atoms with van der Waals surface area (Å²) in [6.45, 7) is 9.77. The van der Waals surface area contributed by atoms with Gasteiger partial charge in [0.1, 0.15) is 0 Å². The van der Waals surface area contributed by atoms with Crippen LogP contribution in [-0.4, -0.2) is 42.3 Å². The van der Waals surface area contributed by atoms with Crippen molar-refractivity contribution in [2.24, 2.45) is 11.7 Å². The number of hydrogen-bond acceptors (Lipinski definition) is 3. The number of ether oxygens (including phenoxy) is 1. The maximum absolute atomic E-state index is 6.00. The second kappa shape index (κ2) is 6.55. The lowest BCUT2D eigenvalue weighted by Crippen LogP contribution is -2.52. The summed E-state index contributed by atoms with van der Waals surface area (Å²) in [6, 6.07) is 1.42. The van der Waals surface area contributed by atoms with Crippen molar-refractivity contribution in [1.29, 1.82) is 0 Å². The molecule has 0 aromatic carbocycles. The van der Waals surface area contributed by atoms with Gasteiger partial charge in [0.15, 0.2) is 0 Å². The van der Waals surface area contributed by atoms with E-state index in [1.165, 1.54) is 32.1 Å². The van der Waals surface area contributed by atoms with Gasteiger partial charge in [-0.1, -0.05) is 20.3 Å². The molecule has 0 bridgehead atoms. The summed E-state index contributed by atoms with van der Waals surface area (Å²) in [5, 5.41) is 0. The number of hydrogen-bond donors (Lipinski definition) is 1. The second-order valence-corrected chi connectivity index (χ2v) is 6.62. The monoisotopic (exact) mass is 268 g/mol. The second-order valence-electron chi connectivity index (χ2n) is 6.62. The Labute approximate surface area is 118 Å². The number of nitrogens with zero attached hydrogens (tertiary/aromatic N) is 1. The van der Waals surface area contributed by atoms with Crippen LogP contribution in [0.2, 0.25) is 0 Å². The molecule has 0 spiro atoms. The van der Waals surface area contributed by atoms with Crippen molar-refractivity contribution >= 4 is 0 Å². The molecule has 1 heterocycles. The zero-order chi connectivity index (χ0) is 13.9. The largest absolute Gasteiger partial charge is 0.375 e. The summed E-state index contributed by atoms with van der Waals surface area (Å²) in [6.07, 6.45) is 7.52. The lowest BCUT2D eigenvalue weighted by molar-refractivity contribution is -0.103. The third-order valence-electron chi connectivity index (χ3n) is 5.50. The van der Waals surface area contributed by atoms with Crippen molar-refractivity contribution in [1.82, 2.24) is 4.90 Å². The first-order valence-electron chi connectivity index (χ1n) is 8.23. The van der Waals surface area contributed by atoms with E-state index in [9.17, 15) is 0 Å². The Hall–Kier alpha value is -0.120. The smallest absolute Gasteiger partial charge is 0.0666 e. The van der Waals surface area contributed by atoms with Crippen LogP contribution in [0.5, 0.6) is 0 Å². The molecule has 0 amide bonds. The van der Waals surface area contributed by atoms with Gasteiger partial charge >= 0.3 is 0 Å². The van der Waals surface area contributed by atoms with Crippen LogP contribution in [0.15, 0.2) is 0 Å². The highest BCUT2D eigenvalue weighted by Gasteiger charge is 2.39. The van der Waals surface area contributed by atoms with E-state index < -0.39 is 0 Å². The van der Waals surface area contributed by atoms with Crippen LogP contribution in [0.4, 0.5) is 0 Å². The third-order valence-corrected chi connectivity index (χ3v) is 5.50. The maximum Gasteiger partial charge on any atom is 0.0666 e. The minimum atomic E-state index is 0.0904. The van der Waals surface area contributed by atoms with Gasteiger partial charge in [0.25, 0.3) is 0 Å². The van der Waals surface area contributed by atoms with Crippen molar-refractivity contribution in [3.63, 3.8) is 0 Å². The Morgan fingerprint density at radius 1 is 1.26 bits per heavy atom. The molecule has 0 aromatic heterocycles. The minimum Gasteiger partial charge on any atom is -0.375 e. The molecule has 0 aromatic rings. The topological polar surface area (TPSA) is 38.5 Å². The van der Waals surface area contributed by atoms with Crippen LogP contribution < -0.4 is 5.73 Å². The van der Waals surface area contributed by atoms with E-state index in [0.717, 1.165) is 38.1 Å². The van der Waals surface area contributed by atoms with Gasteiger partial charge in [-0.05, 0) is 58.0 Å². The molecule has 1 saturated carbocycles. The van der Waals surface area contributed by atoms with Gasteiger partial charge in [-0.25, -0.2) is 0 Å². The molecule has 1 saturated heterocycles. The molecule has 19 heavy (non-hydrogen) atoms. The average Bonchev–Trinajstić information content (AvgIpc) is 2.88. The van der Waals surface area contributed by atoms with Crippen LogP contribution in [0.1, 0.15) is 59.3 Å². The summed E-state index contributed by atoms with van der Waals surface area (Å²) in [4.78, 5) is 2.75. The lowest BCUT2D eigenvalue weighted by Gasteiger charge is -2.45. The van der Waals surface area contributed by atoms with E-state index in [1.807, 2.05) is 0 Å². The van der Waals surface area contributed by atoms with E-state index in [0.29, 0.717) is 6.04 Å². The van der Waals surface area contributed by atoms with Gasteiger partial charge in [0.05, 0.1) is 5.60 Å². The molecule has 4 unspecified atom stereocenters. The van der Waals surface area contributed by atoms with E-state index in [4.69, 9.17) is 10.5 Å². The Bertz CT molecular complexity index is 284. The Morgan fingerprint density at radius 3 is 2.68 bits per heavy atom. The Morgan fingerprint density at radius 2 is 2.05 bits per heavy atom. The number of rotatable bonds is 5. The molecule has 3 nitrogen and oxygen atoms in total. The fraction of sp³-hybridized carbons (Fsp3) is 1.00. The minimum absolute atomic E-state index is 0.0904. The van der Waals surface area contributed by atoms with E-state index >= 15 is 0 Å². The van der Waals surface area contributed by atoms with Crippen molar-refractivity contribution in [3.8, 4) is 0 Å². The molecule has 112 valence electrons. The molecule has 3 heteroatoms. The van der Waals surface area contributed by atoms with Crippen LogP contribution in [-0.2, 0) is 4.74 Å². The lowest BCUT2D eigenvalue weighted by atomic mass is 9.87. The Kier molecular flexibility index (Phi) is 5.27. The van der Waals surface area contributed by atoms with Gasteiger partial charge in [-0.2, -0.15) is 0 Å². The quantitative estimate of drug-likeness (QED) is 0.833. The Balaban J connectivity index is 2.04. The predicted molar refractivity (Wildman–Crippen MR) is 80.2 cm³/mol. The maximum atomic E-state index is 6.00. The predicted octanol–water partition coefficient (Wildman–Crippen LogP) is 2.78. The first kappa shape index (κ1) is 15.3. The van der Waals surface area contributed by atoms with Gasteiger partial charge in [-0.3, -0.25) is 4.90 Å². The fourth-order valence-corrected chi connectivity index (χ4v) is 4.12. The molecule has 1 aliphatic carbocycles. The highest BCUT2D eigenvalue weighted by atomic mass is 16.5. The molecular formula is C16H32N2O. The normalized spacial score (nSPS) is 39.9. The van der Waals surface area contributed by atoms with Crippen molar-refractivity contribution in [3.05, 3.63) is 0 Å². The zero-order valence-electron chi connectivity index (χ0n) is 13.0. The molecule has 0 radical (unpaired) electrons. The third kappa shape index (κ3) is 3.32. The fourth-order valence-electron chi connectivity index (χ4n) is 4.12. The summed E-state index contributed by atoms with van der Waals surface area (Å²) >= 11 is 0. The zero-order valence-corrected chi connectivity index (χ0v) is 13.0. The molecule has 4 atom stereocenters. The van der Waals surface area contributed by atoms with Crippen molar-refractivity contribution in [2.75, 3.05) is 19.7 Å². The van der Waals surface area contributed by atoms with E-state index in [2.05, 4.69) is 25.7 Å². The highest BCUT2D eigenvalue weighted by Crippen LogP contribution is 2.36.